The van der Waals surface area contributed by atoms with Gasteiger partial charge in [0.1, 0.15) is 22.3 Å². The summed E-state index contributed by atoms with van der Waals surface area (Å²) in [6, 6.07) is 56.5. The molecule has 0 bridgehead atoms. The molecule has 0 atom stereocenters. The minimum absolute atomic E-state index is 0.574. The summed E-state index contributed by atoms with van der Waals surface area (Å²) >= 11 is 0. The van der Waals surface area contributed by atoms with Crippen LogP contribution in [0.3, 0.4) is 0 Å². The topological polar surface area (TPSA) is 65.0 Å². The van der Waals surface area contributed by atoms with Crippen LogP contribution in [0.15, 0.2) is 173 Å². The Balaban J connectivity index is 1.19. The van der Waals surface area contributed by atoms with Crippen LogP contribution in [-0.4, -0.2) is 15.0 Å². The molecule has 0 saturated heterocycles. The number of fused-ring (bicyclic) bond motifs is 8. The quantitative estimate of drug-likeness (QED) is 0.187. The Kier molecular flexibility index (Phi) is 6.18. The average Bonchev–Trinajstić information content (AvgIpc) is 3.78. The van der Waals surface area contributed by atoms with E-state index in [0.29, 0.717) is 17.5 Å². The van der Waals surface area contributed by atoms with Gasteiger partial charge in [-0.15, -0.1) is 0 Å². The van der Waals surface area contributed by atoms with Crippen LogP contribution in [0.4, 0.5) is 0 Å². The summed E-state index contributed by atoms with van der Waals surface area (Å²) in [6.45, 7) is 0. The van der Waals surface area contributed by atoms with Gasteiger partial charge < -0.3 is 8.83 Å². The van der Waals surface area contributed by atoms with Crippen molar-refractivity contribution in [3.8, 4) is 45.3 Å². The van der Waals surface area contributed by atoms with E-state index >= 15 is 0 Å². The standard InChI is InChI=1S/C47H27N3O2/c1-3-11-30-23-32(19-17-28(30)9-1)35-26-39(44-37-14-6-8-16-41(37)52-43(44)27-35)47-49-45(33-20-18-29-10-2-4-12-31(29)24-33)48-46(50-47)34-21-22-42-38(25-34)36-13-5-7-15-40(36)51-42/h1-27H. The Morgan fingerprint density at radius 1 is 0.308 bits per heavy atom. The maximum Gasteiger partial charge on any atom is 0.164 e. The van der Waals surface area contributed by atoms with E-state index < -0.39 is 0 Å². The van der Waals surface area contributed by atoms with E-state index in [9.17, 15) is 0 Å². The van der Waals surface area contributed by atoms with Crippen molar-refractivity contribution in [1.29, 1.82) is 0 Å². The summed E-state index contributed by atoms with van der Waals surface area (Å²) in [7, 11) is 0. The fraction of sp³-hybridized carbons (Fsp3) is 0. The first kappa shape index (κ1) is 28.7. The predicted octanol–water partition coefficient (Wildman–Crippen LogP) is 12.6. The summed E-state index contributed by atoms with van der Waals surface area (Å²) in [5, 5.41) is 8.71. The highest BCUT2D eigenvalue weighted by atomic mass is 16.3. The zero-order valence-corrected chi connectivity index (χ0v) is 27.7. The molecule has 0 saturated carbocycles. The van der Waals surface area contributed by atoms with Gasteiger partial charge in [0.2, 0.25) is 0 Å². The van der Waals surface area contributed by atoms with E-state index in [1.165, 1.54) is 10.8 Å². The predicted molar refractivity (Wildman–Crippen MR) is 211 cm³/mol. The van der Waals surface area contributed by atoms with Crippen LogP contribution in [0.2, 0.25) is 0 Å². The summed E-state index contributed by atoms with van der Waals surface area (Å²) in [5.74, 6) is 1.75. The molecule has 5 heteroatoms. The van der Waals surface area contributed by atoms with Gasteiger partial charge in [0.05, 0.1) is 0 Å². The number of aromatic nitrogens is 3. The molecular formula is C47H27N3O2. The minimum atomic E-state index is 0.574. The highest BCUT2D eigenvalue weighted by molar-refractivity contribution is 6.13. The molecule has 11 rings (SSSR count). The molecule has 0 unspecified atom stereocenters. The lowest BCUT2D eigenvalue weighted by atomic mass is 9.96. The lowest BCUT2D eigenvalue weighted by Crippen LogP contribution is -2.01. The second-order valence-corrected chi connectivity index (χ2v) is 13.2. The largest absolute Gasteiger partial charge is 0.456 e. The lowest BCUT2D eigenvalue weighted by molar-refractivity contribution is 0.668. The molecule has 8 aromatic carbocycles. The zero-order valence-electron chi connectivity index (χ0n) is 27.7. The van der Waals surface area contributed by atoms with Crippen LogP contribution in [0.5, 0.6) is 0 Å². The highest BCUT2D eigenvalue weighted by Gasteiger charge is 2.20. The molecule has 52 heavy (non-hydrogen) atoms. The molecule has 0 fully saturated rings. The summed E-state index contributed by atoms with van der Waals surface area (Å²) in [6.07, 6.45) is 0. The Hall–Kier alpha value is -7.11. The number of benzene rings is 8. The summed E-state index contributed by atoms with van der Waals surface area (Å²) in [5.41, 5.74) is 8.05. The van der Waals surface area contributed by atoms with E-state index in [0.717, 1.165) is 82.5 Å². The molecular weight excluding hydrogens is 639 g/mol. The van der Waals surface area contributed by atoms with Crippen molar-refractivity contribution in [3.05, 3.63) is 164 Å². The van der Waals surface area contributed by atoms with Crippen LogP contribution < -0.4 is 0 Å². The van der Waals surface area contributed by atoms with Gasteiger partial charge in [0.25, 0.3) is 0 Å². The molecule has 11 aromatic rings. The van der Waals surface area contributed by atoms with Crippen molar-refractivity contribution in [2.45, 2.75) is 0 Å². The number of furan rings is 2. The second-order valence-electron chi connectivity index (χ2n) is 13.2. The van der Waals surface area contributed by atoms with E-state index in [2.05, 4.69) is 115 Å². The molecule has 3 aromatic heterocycles. The summed E-state index contributed by atoms with van der Waals surface area (Å²) < 4.78 is 12.7. The summed E-state index contributed by atoms with van der Waals surface area (Å²) in [4.78, 5) is 15.7. The van der Waals surface area contributed by atoms with E-state index in [4.69, 9.17) is 23.8 Å². The number of hydrogen-bond acceptors (Lipinski definition) is 5. The molecule has 3 heterocycles. The van der Waals surface area contributed by atoms with E-state index in [1.54, 1.807) is 0 Å². The van der Waals surface area contributed by atoms with E-state index in [-0.39, 0.29) is 0 Å². The van der Waals surface area contributed by atoms with Crippen molar-refractivity contribution in [2.24, 2.45) is 0 Å². The van der Waals surface area contributed by atoms with Crippen LogP contribution in [0.25, 0.3) is 111 Å². The van der Waals surface area contributed by atoms with Crippen molar-refractivity contribution in [3.63, 3.8) is 0 Å². The maximum atomic E-state index is 6.54. The minimum Gasteiger partial charge on any atom is -0.456 e. The molecule has 0 radical (unpaired) electrons. The van der Waals surface area contributed by atoms with Gasteiger partial charge in [0.15, 0.2) is 17.5 Å². The second kappa shape index (κ2) is 11.2. The molecule has 0 N–H and O–H groups in total. The third-order valence-electron chi connectivity index (χ3n) is 10.1. The van der Waals surface area contributed by atoms with Crippen molar-refractivity contribution >= 4 is 65.4 Å². The van der Waals surface area contributed by atoms with Gasteiger partial charge in [-0.25, -0.2) is 15.0 Å². The lowest BCUT2D eigenvalue weighted by Gasteiger charge is -2.12. The normalized spacial score (nSPS) is 11.8. The van der Waals surface area contributed by atoms with Crippen LogP contribution in [0.1, 0.15) is 0 Å². The van der Waals surface area contributed by atoms with Gasteiger partial charge in [-0.05, 0) is 87.3 Å². The van der Waals surface area contributed by atoms with Crippen LogP contribution in [0, 0.1) is 0 Å². The third kappa shape index (κ3) is 4.60. The van der Waals surface area contributed by atoms with Gasteiger partial charge in [-0.3, -0.25) is 0 Å². The average molecular weight is 666 g/mol. The first-order chi connectivity index (χ1) is 25.7. The Labute approximate surface area is 297 Å². The SMILES string of the molecule is c1ccc2cc(-c3cc(-c4nc(-c5ccc6ccccc6c5)nc(-c5ccc6oc7ccccc7c6c5)n4)c4c(c3)oc3ccccc34)ccc2c1. The molecule has 0 aliphatic rings. The maximum absolute atomic E-state index is 6.54. The molecule has 0 spiro atoms. The van der Waals surface area contributed by atoms with Crippen LogP contribution in [-0.2, 0) is 0 Å². The van der Waals surface area contributed by atoms with Gasteiger partial charge in [0, 0.05) is 38.2 Å². The zero-order chi connectivity index (χ0) is 34.2. The molecule has 5 nitrogen and oxygen atoms in total. The first-order valence-electron chi connectivity index (χ1n) is 17.3. The smallest absolute Gasteiger partial charge is 0.164 e. The number of rotatable bonds is 4. The van der Waals surface area contributed by atoms with Crippen molar-refractivity contribution in [2.75, 3.05) is 0 Å². The molecule has 0 aliphatic heterocycles. The molecule has 0 aliphatic carbocycles. The van der Waals surface area contributed by atoms with Crippen molar-refractivity contribution in [1.82, 2.24) is 15.0 Å². The van der Waals surface area contributed by atoms with Crippen molar-refractivity contribution < 1.29 is 8.83 Å². The monoisotopic (exact) mass is 665 g/mol. The number of para-hydroxylation sites is 2. The molecule has 0 amide bonds. The first-order valence-corrected chi connectivity index (χ1v) is 17.3. The van der Waals surface area contributed by atoms with Crippen LogP contribution >= 0.6 is 0 Å². The van der Waals surface area contributed by atoms with Gasteiger partial charge >= 0.3 is 0 Å². The van der Waals surface area contributed by atoms with Gasteiger partial charge in [-0.1, -0.05) is 109 Å². The van der Waals surface area contributed by atoms with E-state index in [1.807, 2.05) is 48.5 Å². The highest BCUT2D eigenvalue weighted by Crippen LogP contribution is 2.41. The Morgan fingerprint density at radius 2 is 0.827 bits per heavy atom. The molecule has 242 valence electrons. The number of hydrogen-bond donors (Lipinski definition) is 0. The third-order valence-corrected chi connectivity index (χ3v) is 10.1. The Morgan fingerprint density at radius 3 is 1.58 bits per heavy atom. The van der Waals surface area contributed by atoms with Gasteiger partial charge in [-0.2, -0.15) is 0 Å². The fourth-order valence-electron chi connectivity index (χ4n) is 7.51. The number of nitrogens with zero attached hydrogens (tertiary/aromatic N) is 3. The Bertz CT molecular complexity index is 3210. The fourth-order valence-corrected chi connectivity index (χ4v) is 7.51.